The Kier molecular flexibility index (Phi) is 20.3. The first kappa shape index (κ1) is 53.7. The van der Waals surface area contributed by atoms with Crippen LogP contribution in [0, 0.1) is 10.1 Å². The summed E-state index contributed by atoms with van der Waals surface area (Å²) in [6, 6.07) is 28.6. The number of nitro benzene ring substituents is 1. The molecule has 4 aromatic carbocycles. The Morgan fingerprint density at radius 3 is 1.34 bits per heavy atom. The molecule has 0 fully saturated rings. The summed E-state index contributed by atoms with van der Waals surface area (Å²) in [7, 11) is -1.90. The molecule has 4 amide bonds. The Bertz CT molecular complexity index is 2760. The lowest BCUT2D eigenvalue weighted by Gasteiger charge is -2.22. The fraction of sp³-hybridized carbons (Fsp3) is 0.292. The Balaban J connectivity index is 0.000000261. The average Bonchev–Trinajstić information content (AvgIpc) is 4.05. The van der Waals surface area contributed by atoms with Crippen LogP contribution in [0.1, 0.15) is 69.6 Å². The van der Waals surface area contributed by atoms with Gasteiger partial charge in [-0.15, -0.1) is 22.7 Å². The smallest absolute Gasteiger partial charge is 0.407 e. The first-order chi connectivity index (χ1) is 33.6. The van der Waals surface area contributed by atoms with Gasteiger partial charge in [-0.05, 0) is 60.1 Å². The van der Waals surface area contributed by atoms with Crippen molar-refractivity contribution in [2.24, 2.45) is 0 Å². The highest BCUT2D eigenvalue weighted by Crippen LogP contribution is 2.26. The average molecular weight is 1020 g/mol. The van der Waals surface area contributed by atoms with Gasteiger partial charge in [0.2, 0.25) is 11.8 Å². The number of aryl methyl sites for hydroxylation is 2. The minimum absolute atomic E-state index is 0.00273. The molecule has 2 aromatic heterocycles. The number of ether oxygens (including phenoxy) is 2. The van der Waals surface area contributed by atoms with Crippen LogP contribution in [0.5, 0.6) is 0 Å². The molecular weight excluding hydrogens is 961 g/mol. The van der Waals surface area contributed by atoms with Crippen LogP contribution in [0.2, 0.25) is 0 Å². The van der Waals surface area contributed by atoms with E-state index in [0.717, 1.165) is 51.5 Å². The molecule has 6 rings (SSSR count). The lowest BCUT2D eigenvalue weighted by molar-refractivity contribution is -0.384. The molecule has 0 aliphatic heterocycles. The van der Waals surface area contributed by atoms with Gasteiger partial charge in [0, 0.05) is 35.7 Å². The molecule has 4 atom stereocenters. The Morgan fingerprint density at radius 1 is 0.614 bits per heavy atom. The van der Waals surface area contributed by atoms with E-state index in [-0.39, 0.29) is 30.1 Å². The van der Waals surface area contributed by atoms with E-state index in [0.29, 0.717) is 17.8 Å². The number of anilines is 1. The van der Waals surface area contributed by atoms with E-state index in [1.807, 2.05) is 90.0 Å². The summed E-state index contributed by atoms with van der Waals surface area (Å²) >= 11 is 2.87. The SMILES string of the molecule is CCc1csc([C@H](Cc2ccc(NS(=O)(=O)O)cc2)NC(=O)[C@H](Cc2ccccc2)NC(=O)OC)n1.CCc1csc([C@H](Cc2ccc([N+](=O)[O-])cc2)NC(=O)[C@H](Cc2ccccc2)NC(=O)OC)n1. The highest BCUT2D eigenvalue weighted by molar-refractivity contribution is 7.87. The van der Waals surface area contributed by atoms with Gasteiger partial charge in [-0.25, -0.2) is 19.6 Å². The molecule has 370 valence electrons. The van der Waals surface area contributed by atoms with E-state index < -0.39 is 57.5 Å². The minimum atomic E-state index is -4.38. The molecule has 19 nitrogen and oxygen atoms in total. The van der Waals surface area contributed by atoms with Crippen molar-refractivity contribution in [3.8, 4) is 0 Å². The fourth-order valence-electron chi connectivity index (χ4n) is 6.84. The van der Waals surface area contributed by atoms with Crippen molar-refractivity contribution >= 4 is 68.4 Å². The predicted molar refractivity (Wildman–Crippen MR) is 266 cm³/mol. The molecule has 2 heterocycles. The van der Waals surface area contributed by atoms with E-state index in [1.54, 1.807) is 24.3 Å². The van der Waals surface area contributed by atoms with Gasteiger partial charge in [0.15, 0.2) is 0 Å². The third-order valence-corrected chi connectivity index (χ3v) is 13.0. The van der Waals surface area contributed by atoms with Gasteiger partial charge in [0.25, 0.3) is 5.69 Å². The van der Waals surface area contributed by atoms with E-state index in [9.17, 15) is 37.7 Å². The summed E-state index contributed by atoms with van der Waals surface area (Å²) < 4.78 is 42.5. The molecule has 0 unspecified atom stereocenters. The highest BCUT2D eigenvalue weighted by Gasteiger charge is 2.28. The van der Waals surface area contributed by atoms with Crippen LogP contribution in [0.15, 0.2) is 120 Å². The molecule has 0 bridgehead atoms. The molecule has 0 saturated heterocycles. The van der Waals surface area contributed by atoms with Crippen molar-refractivity contribution in [2.45, 2.75) is 76.5 Å². The minimum Gasteiger partial charge on any atom is -0.453 e. The number of methoxy groups -OCH3 is 2. The number of rotatable bonds is 21. The number of hydrogen-bond acceptors (Lipinski definition) is 14. The molecule has 0 aliphatic carbocycles. The third kappa shape index (κ3) is 17.4. The summed E-state index contributed by atoms with van der Waals surface area (Å²) in [6.07, 6.45) is 1.38. The van der Waals surface area contributed by atoms with Gasteiger partial charge in [0.05, 0.1) is 48.3 Å². The molecule has 0 aliphatic rings. The summed E-state index contributed by atoms with van der Waals surface area (Å²) in [6.45, 7) is 3.99. The molecule has 0 saturated carbocycles. The number of nitrogens with one attached hydrogen (secondary N) is 5. The van der Waals surface area contributed by atoms with Gasteiger partial charge in [-0.2, -0.15) is 8.42 Å². The topological polar surface area (TPSA) is 270 Å². The van der Waals surface area contributed by atoms with Crippen molar-refractivity contribution < 1.29 is 46.5 Å². The molecule has 6 aromatic rings. The van der Waals surface area contributed by atoms with Gasteiger partial charge >= 0.3 is 22.5 Å². The van der Waals surface area contributed by atoms with Crippen LogP contribution >= 0.6 is 22.7 Å². The number of non-ortho nitro benzene ring substituents is 1. The maximum Gasteiger partial charge on any atom is 0.407 e. The number of aromatic nitrogens is 2. The van der Waals surface area contributed by atoms with E-state index >= 15 is 0 Å². The Hall–Kier alpha value is -7.27. The van der Waals surface area contributed by atoms with Crippen LogP contribution in [0.3, 0.4) is 0 Å². The number of hydrogen-bond donors (Lipinski definition) is 6. The normalized spacial score (nSPS) is 12.6. The number of benzene rings is 4. The number of nitrogens with zero attached hydrogens (tertiary/aromatic N) is 3. The zero-order chi connectivity index (χ0) is 50.6. The molecular formula is C48H54N8O11S3. The van der Waals surface area contributed by atoms with Gasteiger partial charge in [-0.3, -0.25) is 29.0 Å². The van der Waals surface area contributed by atoms with Crippen molar-refractivity contribution in [3.63, 3.8) is 0 Å². The number of carbonyl (C=O) groups is 4. The van der Waals surface area contributed by atoms with E-state index in [4.69, 9.17) is 14.0 Å². The van der Waals surface area contributed by atoms with Crippen molar-refractivity contribution in [1.29, 1.82) is 0 Å². The second kappa shape index (κ2) is 26.5. The number of nitro groups is 1. The van der Waals surface area contributed by atoms with Crippen molar-refractivity contribution in [2.75, 3.05) is 18.9 Å². The van der Waals surface area contributed by atoms with E-state index in [2.05, 4.69) is 31.2 Å². The van der Waals surface area contributed by atoms with Crippen LogP contribution in [-0.2, 0) is 67.9 Å². The zero-order valence-electron chi connectivity index (χ0n) is 38.7. The Labute approximate surface area is 413 Å². The quantitative estimate of drug-likeness (QED) is 0.0236. The largest absolute Gasteiger partial charge is 0.453 e. The molecule has 0 radical (unpaired) electrons. The van der Waals surface area contributed by atoms with Crippen LogP contribution in [0.25, 0.3) is 0 Å². The van der Waals surface area contributed by atoms with Crippen molar-refractivity contribution in [1.82, 2.24) is 31.2 Å². The summed E-state index contributed by atoms with van der Waals surface area (Å²) in [5.74, 6) is -0.776. The maximum atomic E-state index is 13.4. The Morgan fingerprint density at radius 2 is 1.00 bits per heavy atom. The first-order valence-electron chi connectivity index (χ1n) is 21.9. The van der Waals surface area contributed by atoms with Crippen LogP contribution < -0.4 is 26.0 Å². The van der Waals surface area contributed by atoms with Crippen LogP contribution in [-0.4, -0.2) is 78.2 Å². The second-order valence-corrected chi connectivity index (χ2v) is 18.5. The number of carbonyl (C=O) groups excluding carboxylic acids is 4. The summed E-state index contributed by atoms with van der Waals surface area (Å²) in [4.78, 5) is 70.3. The van der Waals surface area contributed by atoms with E-state index in [1.165, 1.54) is 61.2 Å². The summed E-state index contributed by atoms with van der Waals surface area (Å²) in [5.41, 5.74) is 5.38. The number of thiazole rings is 2. The number of alkyl carbamates (subject to hydrolysis) is 2. The van der Waals surface area contributed by atoms with Gasteiger partial charge in [-0.1, -0.05) is 98.8 Å². The fourth-order valence-corrected chi connectivity index (χ4v) is 9.18. The molecule has 70 heavy (non-hydrogen) atoms. The van der Waals surface area contributed by atoms with Gasteiger partial charge < -0.3 is 30.7 Å². The van der Waals surface area contributed by atoms with Gasteiger partial charge in [0.1, 0.15) is 22.1 Å². The standard InChI is InChI=1S/C24H28N4O6S2.C24H26N4O5S/c1-3-18-15-35-23(25-18)21(14-17-9-11-19(12-10-17)28-36(31,32)33)26-22(29)20(27-24(30)34-2)13-16-7-5-4-6-8-16;1-3-18-15-34-23(25-18)21(14-17-9-11-19(12-10-17)28(31)32)26-22(29)20(27-24(30)33-2)13-16-7-5-4-6-8-16/h4-12,15,20-21,28H,3,13-14H2,1-2H3,(H,26,29)(H,27,30)(H,31,32,33);4-12,15,20-21H,3,13-14H2,1-2H3,(H,26,29)(H,27,30)/t2*20-,21-/m00/s1. The molecule has 6 N–H and O–H groups in total. The van der Waals surface area contributed by atoms with Crippen molar-refractivity contribution in [3.05, 3.63) is 174 Å². The lowest BCUT2D eigenvalue weighted by Crippen LogP contribution is -2.49. The zero-order valence-corrected chi connectivity index (χ0v) is 41.1. The third-order valence-electron chi connectivity index (χ3n) is 10.5. The highest BCUT2D eigenvalue weighted by atomic mass is 32.2. The lowest BCUT2D eigenvalue weighted by atomic mass is 10.0. The number of amides is 4. The summed E-state index contributed by atoms with van der Waals surface area (Å²) in [5, 5.41) is 27.5. The second-order valence-electron chi connectivity index (χ2n) is 15.5. The predicted octanol–water partition coefficient (Wildman–Crippen LogP) is 7.27. The monoisotopic (exact) mass is 1010 g/mol. The van der Waals surface area contributed by atoms with Crippen LogP contribution in [0.4, 0.5) is 21.0 Å². The first-order valence-corrected chi connectivity index (χ1v) is 25.1. The maximum absolute atomic E-state index is 13.4. The molecule has 22 heteroatoms. The molecule has 0 spiro atoms.